The van der Waals surface area contributed by atoms with Crippen molar-refractivity contribution in [2.24, 2.45) is 5.41 Å². The molecule has 1 heterocycles. The molecule has 0 amide bonds. The van der Waals surface area contributed by atoms with E-state index < -0.39 is 10.3 Å². The van der Waals surface area contributed by atoms with E-state index in [-0.39, 0.29) is 17.0 Å². The van der Waals surface area contributed by atoms with Gasteiger partial charge in [-0.2, -0.15) is 5.26 Å². The second-order valence-corrected chi connectivity index (χ2v) is 6.25. The van der Waals surface area contributed by atoms with Crippen LogP contribution in [0.25, 0.3) is 17.4 Å². The van der Waals surface area contributed by atoms with Gasteiger partial charge in [-0.3, -0.25) is 14.9 Å². The van der Waals surface area contributed by atoms with E-state index in [0.717, 1.165) is 0 Å². The van der Waals surface area contributed by atoms with Gasteiger partial charge in [-0.05, 0) is 24.3 Å². The first-order valence-corrected chi connectivity index (χ1v) is 7.23. The fraction of sp³-hybridized carbons (Fsp3) is 0.222. The summed E-state index contributed by atoms with van der Waals surface area (Å²) in [6.07, 6.45) is 1.41. The first-order valence-electron chi connectivity index (χ1n) is 7.23. The highest BCUT2D eigenvalue weighted by Gasteiger charge is 2.25. The van der Waals surface area contributed by atoms with Crippen molar-refractivity contribution in [2.45, 2.75) is 20.8 Å². The summed E-state index contributed by atoms with van der Waals surface area (Å²) in [5.74, 6) is 0.604. The van der Waals surface area contributed by atoms with Crippen LogP contribution >= 0.6 is 0 Å². The van der Waals surface area contributed by atoms with Crippen LogP contribution in [0.2, 0.25) is 0 Å². The van der Waals surface area contributed by atoms with Gasteiger partial charge in [0, 0.05) is 29.2 Å². The Morgan fingerprint density at radius 1 is 1.21 bits per heavy atom. The van der Waals surface area contributed by atoms with Gasteiger partial charge in [0.15, 0.2) is 5.78 Å². The second kappa shape index (κ2) is 6.50. The van der Waals surface area contributed by atoms with Gasteiger partial charge in [-0.25, -0.2) is 0 Å². The van der Waals surface area contributed by atoms with Crippen molar-refractivity contribution >= 4 is 17.5 Å². The predicted octanol–water partition coefficient (Wildman–Crippen LogP) is 4.38. The Balaban J connectivity index is 2.30. The number of hydrogen-bond acceptors (Lipinski definition) is 5. The number of non-ortho nitro benzene ring substituents is 1. The lowest BCUT2D eigenvalue weighted by atomic mass is 9.86. The van der Waals surface area contributed by atoms with Gasteiger partial charge in [0.05, 0.1) is 10.5 Å². The van der Waals surface area contributed by atoms with Gasteiger partial charge in [0.2, 0.25) is 0 Å². The minimum absolute atomic E-state index is 0.00651. The fourth-order valence-electron chi connectivity index (χ4n) is 2.03. The highest BCUT2D eigenvalue weighted by atomic mass is 16.6. The van der Waals surface area contributed by atoms with Crippen LogP contribution in [-0.2, 0) is 4.79 Å². The van der Waals surface area contributed by atoms with Gasteiger partial charge < -0.3 is 4.42 Å². The summed E-state index contributed by atoms with van der Waals surface area (Å²) < 4.78 is 5.62. The van der Waals surface area contributed by atoms with E-state index in [9.17, 15) is 20.2 Å². The molecule has 6 nitrogen and oxygen atoms in total. The summed E-state index contributed by atoms with van der Waals surface area (Å²) in [6, 6.07) is 11.2. The second-order valence-electron chi connectivity index (χ2n) is 6.25. The lowest BCUT2D eigenvalue weighted by molar-refractivity contribution is -0.384. The zero-order chi connectivity index (χ0) is 17.9. The van der Waals surface area contributed by atoms with E-state index in [2.05, 4.69) is 0 Å². The van der Waals surface area contributed by atoms with Crippen molar-refractivity contribution in [3.63, 3.8) is 0 Å². The number of Topliss-reactive ketones (excluding diaryl/α,β-unsaturated/α-hetero) is 1. The van der Waals surface area contributed by atoms with Gasteiger partial charge >= 0.3 is 0 Å². The number of hydrogen-bond donors (Lipinski definition) is 0. The van der Waals surface area contributed by atoms with Crippen molar-refractivity contribution < 1.29 is 14.1 Å². The summed E-state index contributed by atoms with van der Waals surface area (Å²) >= 11 is 0. The van der Waals surface area contributed by atoms with E-state index >= 15 is 0 Å². The molecular weight excluding hydrogens is 308 g/mol. The molecule has 0 aliphatic rings. The third-order valence-corrected chi connectivity index (χ3v) is 3.32. The van der Waals surface area contributed by atoms with E-state index in [1.807, 2.05) is 6.07 Å². The first-order chi connectivity index (χ1) is 11.2. The normalized spacial score (nSPS) is 11.8. The molecule has 0 aliphatic carbocycles. The number of nitrogens with zero attached hydrogens (tertiary/aromatic N) is 2. The Bertz CT molecular complexity index is 846. The lowest BCUT2D eigenvalue weighted by Gasteiger charge is -2.15. The molecule has 24 heavy (non-hydrogen) atoms. The minimum Gasteiger partial charge on any atom is -0.457 e. The van der Waals surface area contributed by atoms with Crippen LogP contribution in [0.4, 0.5) is 5.69 Å². The molecule has 0 fully saturated rings. The number of furan rings is 1. The number of rotatable bonds is 4. The maximum absolute atomic E-state index is 12.2. The quantitative estimate of drug-likeness (QED) is 0.360. The van der Waals surface area contributed by atoms with Gasteiger partial charge in [0.25, 0.3) is 5.69 Å². The van der Waals surface area contributed by atoms with Crippen LogP contribution in [-0.4, -0.2) is 10.7 Å². The summed E-state index contributed by atoms with van der Waals surface area (Å²) in [5, 5.41) is 19.8. The molecule has 0 unspecified atom stereocenters. The molecule has 1 aromatic heterocycles. The molecule has 6 heteroatoms. The van der Waals surface area contributed by atoms with E-state index in [0.29, 0.717) is 17.1 Å². The molecule has 0 saturated carbocycles. The largest absolute Gasteiger partial charge is 0.457 e. The first kappa shape index (κ1) is 17.2. The Morgan fingerprint density at radius 2 is 1.83 bits per heavy atom. The molecule has 1 aromatic carbocycles. The summed E-state index contributed by atoms with van der Waals surface area (Å²) in [6.45, 7) is 5.22. The number of nitriles is 1. The number of carbonyl (C=O) groups excluding carboxylic acids is 1. The zero-order valence-electron chi connectivity index (χ0n) is 13.6. The van der Waals surface area contributed by atoms with Gasteiger partial charge in [-0.1, -0.05) is 20.8 Å². The Hall–Kier alpha value is -3.20. The van der Waals surface area contributed by atoms with Crippen molar-refractivity contribution in [3.05, 3.63) is 57.8 Å². The van der Waals surface area contributed by atoms with Gasteiger partial charge in [0.1, 0.15) is 17.6 Å². The SMILES string of the molecule is CC(C)(C)C(=O)/C(C#N)=C/c1ccc(-c2ccc([N+](=O)[O-])cc2)o1. The standard InChI is InChI=1S/C18H16N2O4/c1-18(2,3)17(21)13(11-19)10-15-8-9-16(24-15)12-4-6-14(7-5-12)20(22)23/h4-10H,1-3H3/b13-10+. The average Bonchev–Trinajstić information content (AvgIpc) is 2.99. The van der Waals surface area contributed by atoms with E-state index in [1.165, 1.54) is 18.2 Å². The van der Waals surface area contributed by atoms with Crippen LogP contribution in [0.1, 0.15) is 26.5 Å². The van der Waals surface area contributed by atoms with E-state index in [4.69, 9.17) is 4.42 Å². The molecule has 2 rings (SSSR count). The zero-order valence-corrected chi connectivity index (χ0v) is 13.6. The molecule has 0 aliphatic heterocycles. The van der Waals surface area contributed by atoms with Crippen molar-refractivity contribution in [1.29, 1.82) is 5.26 Å². The maximum Gasteiger partial charge on any atom is 0.269 e. The monoisotopic (exact) mass is 324 g/mol. The fourth-order valence-corrected chi connectivity index (χ4v) is 2.03. The van der Waals surface area contributed by atoms with Gasteiger partial charge in [-0.15, -0.1) is 0 Å². The number of ketones is 1. The van der Waals surface area contributed by atoms with Crippen LogP contribution in [0.5, 0.6) is 0 Å². The molecule has 0 radical (unpaired) electrons. The summed E-state index contributed by atoms with van der Waals surface area (Å²) in [4.78, 5) is 22.4. The average molecular weight is 324 g/mol. The third kappa shape index (κ3) is 3.76. The summed E-state index contributed by atoms with van der Waals surface area (Å²) in [7, 11) is 0. The Labute approximate surface area is 139 Å². The Kier molecular flexibility index (Phi) is 4.65. The van der Waals surface area contributed by atoms with Crippen LogP contribution < -0.4 is 0 Å². The van der Waals surface area contributed by atoms with Crippen LogP contribution in [0, 0.1) is 26.9 Å². The highest BCUT2D eigenvalue weighted by molar-refractivity contribution is 6.05. The number of carbonyl (C=O) groups is 1. The molecule has 0 atom stereocenters. The smallest absolute Gasteiger partial charge is 0.269 e. The number of nitro groups is 1. The van der Waals surface area contributed by atoms with Crippen molar-refractivity contribution in [1.82, 2.24) is 0 Å². The molecule has 2 aromatic rings. The third-order valence-electron chi connectivity index (χ3n) is 3.32. The predicted molar refractivity (Wildman–Crippen MR) is 88.9 cm³/mol. The van der Waals surface area contributed by atoms with Crippen LogP contribution in [0.3, 0.4) is 0 Å². The topological polar surface area (TPSA) is 97.1 Å². The molecule has 122 valence electrons. The van der Waals surface area contributed by atoms with E-state index in [1.54, 1.807) is 45.0 Å². The number of allylic oxidation sites excluding steroid dienone is 1. The Morgan fingerprint density at radius 3 is 2.33 bits per heavy atom. The summed E-state index contributed by atoms with van der Waals surface area (Å²) in [5.41, 5.74) is 0.0241. The molecule has 0 N–H and O–H groups in total. The molecule has 0 bridgehead atoms. The molecule has 0 spiro atoms. The lowest BCUT2D eigenvalue weighted by Crippen LogP contribution is -2.21. The molecule has 0 saturated heterocycles. The number of benzene rings is 1. The van der Waals surface area contributed by atoms with Crippen molar-refractivity contribution in [2.75, 3.05) is 0 Å². The number of nitro benzene ring substituents is 1. The van der Waals surface area contributed by atoms with Crippen molar-refractivity contribution in [3.8, 4) is 17.4 Å². The molecular formula is C18H16N2O4. The maximum atomic E-state index is 12.2. The minimum atomic E-state index is -0.657. The highest BCUT2D eigenvalue weighted by Crippen LogP contribution is 2.27. The van der Waals surface area contributed by atoms with Crippen LogP contribution in [0.15, 0.2) is 46.4 Å².